The molecule has 0 nitrogen and oxygen atoms in total. The minimum atomic E-state index is 0. The maximum Gasteiger partial charge on any atom is 2.00 e. The molecule has 0 bridgehead atoms. The third-order valence-electron chi connectivity index (χ3n) is 0. The summed E-state index contributed by atoms with van der Waals surface area (Å²) in [5.74, 6) is 0. The zero-order chi connectivity index (χ0) is 6.00. The number of hydrogen-bond donors (Lipinski definition) is 0. The summed E-state index contributed by atoms with van der Waals surface area (Å²) in [5, 5.41) is 0. The molecule has 0 fully saturated rings. The summed E-state index contributed by atoms with van der Waals surface area (Å²) < 4.78 is 0. The summed E-state index contributed by atoms with van der Waals surface area (Å²) >= 11 is 22.0. The van der Waals surface area contributed by atoms with Gasteiger partial charge in [-0.1, -0.05) is 0 Å². The topological polar surface area (TPSA) is 0 Å². The SMILES string of the molecule is [CH3-].[Mo+2].[Mo].[Mo].[Mo].[Mo].[Mo].[S-][S-].[S-][S-].[S-][S-].[SH-].[SH-].[SH-].[SH-]. The minimum Gasteiger partial charge on any atom is -1.00 e. The summed E-state index contributed by atoms with van der Waals surface area (Å²) in [6.45, 7) is 0. The minimum absolute atomic E-state index is 0. The predicted molar refractivity (Wildman–Crippen MR) is 85.6 cm³/mol. The van der Waals surface area contributed by atoms with E-state index < -0.39 is 0 Å². The summed E-state index contributed by atoms with van der Waals surface area (Å²) in [6, 6.07) is 0. The van der Waals surface area contributed by atoms with E-state index in [4.69, 9.17) is 0 Å². The van der Waals surface area contributed by atoms with Crippen LogP contribution in [0.5, 0.6) is 0 Å². The molecule has 0 aliphatic heterocycles. The van der Waals surface area contributed by atoms with Crippen molar-refractivity contribution < 1.29 is 126 Å². The quantitative estimate of drug-likeness (QED) is 0.101. The molecule has 0 aromatic heterocycles. The molecule has 0 N–H and O–H groups in total. The number of thiol groups is 4. The molecule has 16 heteroatoms. The van der Waals surface area contributed by atoms with Crippen molar-refractivity contribution in [3.63, 3.8) is 0 Å². The van der Waals surface area contributed by atoms with Crippen LogP contribution < -0.4 is 0 Å². The van der Waals surface area contributed by atoms with Crippen LogP contribution in [0.2, 0.25) is 0 Å². The van der Waals surface area contributed by atoms with Gasteiger partial charge in [0.25, 0.3) is 0 Å². The van der Waals surface area contributed by atoms with E-state index >= 15 is 0 Å². The van der Waals surface area contributed by atoms with Gasteiger partial charge in [-0.05, 0) is 0 Å². The Balaban J connectivity index is -0.000000000500. The normalized spacial score (nSPS) is 1.06. The maximum atomic E-state index is 3.67. The van der Waals surface area contributed by atoms with Crippen LogP contribution in [0.15, 0.2) is 0 Å². The molecule has 116 valence electrons. The van der Waals surface area contributed by atoms with E-state index in [1.54, 1.807) is 0 Å². The summed E-state index contributed by atoms with van der Waals surface area (Å²) in [4.78, 5) is 0. The molecule has 0 radical (unpaired) electrons. The molecule has 0 aliphatic rings. The second-order valence-electron chi connectivity index (χ2n) is 0. The van der Waals surface area contributed by atoms with Gasteiger partial charge in [0.15, 0.2) is 0 Å². The Kier molecular flexibility index (Phi) is 1490. The smallest absolute Gasteiger partial charge is 1.00 e. The molecule has 0 saturated heterocycles. The molecular formula is CH7Mo6S10-9. The predicted octanol–water partition coefficient (Wildman–Crippen LogP) is -0.660. The second-order valence-corrected chi connectivity index (χ2v) is 0. The van der Waals surface area contributed by atoms with Crippen molar-refractivity contribution in [1.82, 2.24) is 0 Å². The monoisotopic (exact) mass is 926 g/mol. The first-order valence-electron chi connectivity index (χ1n) is 0.500. The average molecular weight is 915 g/mol. The summed E-state index contributed by atoms with van der Waals surface area (Å²) in [5.41, 5.74) is 0. The van der Waals surface area contributed by atoms with Gasteiger partial charge in [-0.25, -0.2) is 0 Å². The van der Waals surface area contributed by atoms with Crippen LogP contribution in [-0.2, 0) is 250 Å². The third kappa shape index (κ3) is 190. The number of hydrogen-bond acceptors (Lipinski definition) is 10. The fourth-order valence-electron chi connectivity index (χ4n) is 0. The summed E-state index contributed by atoms with van der Waals surface area (Å²) in [7, 11) is 0. The molecule has 0 atom stereocenters. The van der Waals surface area contributed by atoms with Crippen molar-refractivity contribution in [3.8, 4) is 0 Å². The first kappa shape index (κ1) is 122. The van der Waals surface area contributed by atoms with E-state index in [0.717, 1.165) is 0 Å². The Labute approximate surface area is 252 Å². The van der Waals surface area contributed by atoms with Gasteiger partial charge in [-0.3, -0.25) is 0 Å². The van der Waals surface area contributed by atoms with Gasteiger partial charge in [-0.15, -0.1) is 0 Å². The fourth-order valence-corrected chi connectivity index (χ4v) is 0. The molecule has 0 rings (SSSR count). The van der Waals surface area contributed by atoms with Gasteiger partial charge in [0.1, 0.15) is 0 Å². The van der Waals surface area contributed by atoms with E-state index in [0.29, 0.717) is 0 Å². The molecule has 0 aliphatic carbocycles. The Bertz CT molecular complexity index is 20.8. The molecule has 0 amide bonds. The Morgan fingerprint density at radius 2 is 0.353 bits per heavy atom. The van der Waals surface area contributed by atoms with Gasteiger partial charge < -0.3 is 131 Å². The zero-order valence-corrected chi connectivity index (χ0v) is 28.2. The van der Waals surface area contributed by atoms with Crippen molar-refractivity contribution in [2.24, 2.45) is 0 Å². The van der Waals surface area contributed by atoms with Crippen molar-refractivity contribution in [2.75, 3.05) is 0 Å². The molecule has 0 saturated carbocycles. The Morgan fingerprint density at radius 3 is 0.353 bits per heavy atom. The summed E-state index contributed by atoms with van der Waals surface area (Å²) in [6.07, 6.45) is 0. The van der Waals surface area contributed by atoms with Crippen molar-refractivity contribution in [2.45, 2.75) is 0 Å². The molecule has 17 heavy (non-hydrogen) atoms. The Hall–Kier alpha value is 7.63. The molecular weight excluding hydrogens is 908 g/mol. The van der Waals surface area contributed by atoms with Gasteiger partial charge in [-0.2, -0.15) is 0 Å². The fraction of sp³-hybridized carbons (Fsp3) is 0. The maximum absolute atomic E-state index is 3.67. The van der Waals surface area contributed by atoms with Crippen LogP contribution in [0.4, 0.5) is 0 Å². The van der Waals surface area contributed by atoms with Crippen molar-refractivity contribution >= 4 is 124 Å². The molecule has 0 unspecified atom stereocenters. The standard InChI is InChI=1S/CH3.6Mo.3S2.4H2S/c;;;;;;;3*1-2;;;;/h1H3;;;;;;;;;;4*1H2/q-1;;;;;;+2;3*-2;;;;/p-4. The Morgan fingerprint density at radius 1 is 0.353 bits per heavy atom. The molecule has 0 heterocycles. The molecule has 0 aromatic carbocycles. The average Bonchev–Trinajstić information content (AvgIpc) is 1.81. The van der Waals surface area contributed by atoms with E-state index in [1.165, 1.54) is 0 Å². The first-order chi connectivity index (χ1) is 3.00. The third-order valence-corrected chi connectivity index (χ3v) is 0. The van der Waals surface area contributed by atoms with Gasteiger partial charge >= 0.3 is 21.1 Å². The number of rotatable bonds is 0. The molecule has 0 aromatic rings. The van der Waals surface area contributed by atoms with Crippen LogP contribution in [0.25, 0.3) is 0 Å². The van der Waals surface area contributed by atoms with E-state index in [1.807, 2.05) is 0 Å². The van der Waals surface area contributed by atoms with Gasteiger partial charge in [0.2, 0.25) is 0 Å². The molecule has 0 spiro atoms. The van der Waals surface area contributed by atoms with Crippen molar-refractivity contribution in [3.05, 3.63) is 7.43 Å². The van der Waals surface area contributed by atoms with Gasteiger partial charge in [0, 0.05) is 105 Å². The van der Waals surface area contributed by atoms with Crippen molar-refractivity contribution in [1.29, 1.82) is 0 Å². The van der Waals surface area contributed by atoms with Crippen LogP contribution in [0.1, 0.15) is 0 Å². The first-order valence-corrected chi connectivity index (χ1v) is 4.50. The largest absolute Gasteiger partial charge is 2.00 e. The van der Waals surface area contributed by atoms with Crippen LogP contribution in [0.3, 0.4) is 0 Å². The second kappa shape index (κ2) is 208. The van der Waals surface area contributed by atoms with Crippen LogP contribution in [-0.4, -0.2) is 0 Å². The van der Waals surface area contributed by atoms with Crippen LogP contribution in [0, 0.1) is 7.43 Å². The van der Waals surface area contributed by atoms with E-state index in [2.05, 4.69) is 70.0 Å². The zero-order valence-electron chi connectivity index (χ0n) is 7.69. The van der Waals surface area contributed by atoms with E-state index in [-0.39, 0.29) is 188 Å². The van der Waals surface area contributed by atoms with Crippen LogP contribution >= 0.6 is 0 Å². The van der Waals surface area contributed by atoms with Gasteiger partial charge in [0.05, 0.1) is 0 Å². The van der Waals surface area contributed by atoms with E-state index in [9.17, 15) is 0 Å².